The third kappa shape index (κ3) is 7.94. The Kier molecular flexibility index (Phi) is 9.57. The molecule has 0 aromatic heterocycles. The lowest BCUT2D eigenvalue weighted by Gasteiger charge is -2.24. The number of guanidine groups is 1. The predicted octanol–water partition coefficient (Wildman–Crippen LogP) is 3.86. The minimum Gasteiger partial charge on any atom is -0.444 e. The molecule has 6 nitrogen and oxygen atoms in total. The Morgan fingerprint density at radius 1 is 1.34 bits per heavy atom. The van der Waals surface area contributed by atoms with Crippen molar-refractivity contribution in [2.45, 2.75) is 51.7 Å². The van der Waals surface area contributed by atoms with Gasteiger partial charge in [0.15, 0.2) is 17.6 Å². The second-order valence-corrected chi connectivity index (χ2v) is 8.08. The fourth-order valence-corrected chi connectivity index (χ4v) is 3.06. The number of hydrogen-bond acceptors (Lipinski definition) is 3. The van der Waals surface area contributed by atoms with Crippen LogP contribution in [0.15, 0.2) is 23.2 Å². The first-order chi connectivity index (χ1) is 13.1. The second kappa shape index (κ2) is 10.9. The molecule has 1 aliphatic heterocycles. The van der Waals surface area contributed by atoms with Gasteiger partial charge in [0.05, 0.1) is 6.04 Å². The van der Waals surface area contributed by atoms with Crippen LogP contribution in [0.25, 0.3) is 0 Å². The van der Waals surface area contributed by atoms with Crippen molar-refractivity contribution in [2.75, 3.05) is 26.7 Å². The quantitative estimate of drug-likeness (QED) is 0.357. The number of carbonyl (C=O) groups excluding carboxylic acids is 1. The van der Waals surface area contributed by atoms with E-state index in [0.717, 1.165) is 19.0 Å². The van der Waals surface area contributed by atoms with Crippen molar-refractivity contribution in [2.24, 2.45) is 4.99 Å². The van der Waals surface area contributed by atoms with E-state index in [0.29, 0.717) is 24.6 Å². The molecule has 0 bridgehead atoms. The van der Waals surface area contributed by atoms with Gasteiger partial charge in [0.25, 0.3) is 0 Å². The number of aliphatic imine (C=N–C) groups is 1. The number of halogens is 3. The molecule has 2 atom stereocenters. The van der Waals surface area contributed by atoms with E-state index in [4.69, 9.17) is 4.74 Å². The summed E-state index contributed by atoms with van der Waals surface area (Å²) in [6.07, 6.45) is 0.368. The Hall–Kier alpha value is -1.65. The molecule has 0 aliphatic carbocycles. The predicted molar refractivity (Wildman–Crippen MR) is 121 cm³/mol. The van der Waals surface area contributed by atoms with E-state index in [1.807, 2.05) is 27.7 Å². The van der Waals surface area contributed by atoms with Crippen LogP contribution in [0.2, 0.25) is 0 Å². The van der Waals surface area contributed by atoms with Crippen LogP contribution in [0.1, 0.15) is 45.6 Å². The first kappa shape index (κ1) is 25.4. The number of benzene rings is 1. The zero-order chi connectivity index (χ0) is 20.9. The average Bonchev–Trinajstić information content (AvgIpc) is 3.04. The Morgan fingerprint density at radius 2 is 2.03 bits per heavy atom. The van der Waals surface area contributed by atoms with Crippen molar-refractivity contribution in [3.63, 3.8) is 0 Å². The molecule has 164 valence electrons. The maximum atomic E-state index is 13.4. The smallest absolute Gasteiger partial charge is 0.407 e. The molecule has 2 unspecified atom stereocenters. The SMILES string of the molecule is CN=C(NCC(C)c1ccc(F)c(F)c1)N1CCC(NC(=O)OC(C)(C)C)C1.I. The Balaban J connectivity index is 0.00000420. The third-order valence-electron chi connectivity index (χ3n) is 4.50. The van der Waals surface area contributed by atoms with Gasteiger partial charge < -0.3 is 20.3 Å². The number of alkyl carbamates (subject to hydrolysis) is 1. The Labute approximate surface area is 188 Å². The number of rotatable bonds is 4. The van der Waals surface area contributed by atoms with E-state index in [1.54, 1.807) is 13.1 Å². The van der Waals surface area contributed by atoms with E-state index in [2.05, 4.69) is 20.5 Å². The number of carbonyl (C=O) groups is 1. The highest BCUT2D eigenvalue weighted by atomic mass is 127. The molecule has 0 saturated carbocycles. The van der Waals surface area contributed by atoms with Gasteiger partial charge in [0.2, 0.25) is 0 Å². The van der Waals surface area contributed by atoms with Crippen LogP contribution in [-0.2, 0) is 4.74 Å². The van der Waals surface area contributed by atoms with E-state index in [-0.39, 0.29) is 35.9 Å². The molecule has 1 fully saturated rings. The van der Waals surface area contributed by atoms with Crippen LogP contribution in [0.3, 0.4) is 0 Å². The molecule has 1 aromatic rings. The van der Waals surface area contributed by atoms with Gasteiger partial charge >= 0.3 is 6.09 Å². The van der Waals surface area contributed by atoms with Crippen molar-refractivity contribution >= 4 is 36.0 Å². The van der Waals surface area contributed by atoms with Crippen LogP contribution in [0, 0.1) is 11.6 Å². The Morgan fingerprint density at radius 3 is 2.62 bits per heavy atom. The first-order valence-electron chi connectivity index (χ1n) is 9.49. The molecule has 1 aliphatic rings. The molecule has 29 heavy (non-hydrogen) atoms. The summed E-state index contributed by atoms with van der Waals surface area (Å²) < 4.78 is 31.8. The van der Waals surface area contributed by atoms with Gasteiger partial charge in [-0.3, -0.25) is 4.99 Å². The minimum absolute atomic E-state index is 0. The highest BCUT2D eigenvalue weighted by Gasteiger charge is 2.28. The Bertz CT molecular complexity index is 725. The van der Waals surface area contributed by atoms with Crippen molar-refractivity contribution < 1.29 is 18.3 Å². The molecule has 1 amide bonds. The van der Waals surface area contributed by atoms with Crippen LogP contribution < -0.4 is 10.6 Å². The van der Waals surface area contributed by atoms with Gasteiger partial charge in [-0.2, -0.15) is 0 Å². The van der Waals surface area contributed by atoms with E-state index < -0.39 is 23.3 Å². The van der Waals surface area contributed by atoms with Gasteiger partial charge in [-0.25, -0.2) is 13.6 Å². The second-order valence-electron chi connectivity index (χ2n) is 8.08. The number of nitrogens with one attached hydrogen (secondary N) is 2. The molecule has 2 N–H and O–H groups in total. The van der Waals surface area contributed by atoms with E-state index >= 15 is 0 Å². The van der Waals surface area contributed by atoms with Crippen molar-refractivity contribution in [3.8, 4) is 0 Å². The summed E-state index contributed by atoms with van der Waals surface area (Å²) in [6, 6.07) is 3.94. The van der Waals surface area contributed by atoms with Crippen LogP contribution in [0.5, 0.6) is 0 Å². The topological polar surface area (TPSA) is 66.0 Å². The first-order valence-corrected chi connectivity index (χ1v) is 9.49. The zero-order valence-corrected chi connectivity index (χ0v) is 19.9. The number of hydrogen-bond donors (Lipinski definition) is 2. The molecule has 1 heterocycles. The summed E-state index contributed by atoms with van der Waals surface area (Å²) >= 11 is 0. The minimum atomic E-state index is -0.847. The normalized spacial score (nSPS) is 18.1. The van der Waals surface area contributed by atoms with Gasteiger partial charge in [-0.1, -0.05) is 13.0 Å². The highest BCUT2D eigenvalue weighted by Crippen LogP contribution is 2.18. The summed E-state index contributed by atoms with van der Waals surface area (Å²) in [7, 11) is 1.69. The van der Waals surface area contributed by atoms with Gasteiger partial charge in [0, 0.05) is 26.7 Å². The highest BCUT2D eigenvalue weighted by molar-refractivity contribution is 14.0. The summed E-state index contributed by atoms with van der Waals surface area (Å²) in [6.45, 7) is 9.31. The summed E-state index contributed by atoms with van der Waals surface area (Å²) in [4.78, 5) is 18.3. The number of likely N-dealkylation sites (tertiary alicyclic amines) is 1. The van der Waals surface area contributed by atoms with Crippen molar-refractivity contribution in [1.82, 2.24) is 15.5 Å². The molecule has 0 radical (unpaired) electrons. The average molecular weight is 524 g/mol. The lowest BCUT2D eigenvalue weighted by atomic mass is 10.0. The summed E-state index contributed by atoms with van der Waals surface area (Å²) in [5, 5.41) is 6.16. The maximum Gasteiger partial charge on any atom is 0.407 e. The standard InChI is InChI=1S/C20H30F2N4O2.HI/c1-13(14-6-7-16(21)17(22)10-14)11-24-18(23-5)26-9-8-15(12-26)25-19(27)28-20(2,3)4;/h6-7,10,13,15H,8-9,11-12H2,1-5H3,(H,23,24)(H,25,27);1H. The fourth-order valence-electron chi connectivity index (χ4n) is 3.06. The van der Waals surface area contributed by atoms with Gasteiger partial charge in [0.1, 0.15) is 5.60 Å². The lowest BCUT2D eigenvalue weighted by molar-refractivity contribution is 0.0507. The number of amides is 1. The molecular formula is C20H31F2IN4O2. The number of nitrogens with zero attached hydrogens (tertiary/aromatic N) is 2. The van der Waals surface area contributed by atoms with Crippen molar-refractivity contribution in [3.05, 3.63) is 35.4 Å². The largest absolute Gasteiger partial charge is 0.444 e. The number of ether oxygens (including phenoxy) is 1. The molecule has 2 rings (SSSR count). The van der Waals surface area contributed by atoms with Crippen LogP contribution in [-0.4, -0.2) is 55.3 Å². The van der Waals surface area contributed by atoms with E-state index in [9.17, 15) is 13.6 Å². The molecule has 1 aromatic carbocycles. The summed E-state index contributed by atoms with van der Waals surface area (Å²) in [5.74, 6) is -1.00. The van der Waals surface area contributed by atoms with Crippen LogP contribution in [0.4, 0.5) is 13.6 Å². The monoisotopic (exact) mass is 524 g/mol. The fraction of sp³-hybridized carbons (Fsp3) is 0.600. The summed E-state index contributed by atoms with van der Waals surface area (Å²) in [5.41, 5.74) is 0.184. The molecular weight excluding hydrogens is 493 g/mol. The molecule has 9 heteroatoms. The molecule has 1 saturated heterocycles. The van der Waals surface area contributed by atoms with Gasteiger partial charge in [-0.05, 0) is 50.8 Å². The third-order valence-corrected chi connectivity index (χ3v) is 4.50. The van der Waals surface area contributed by atoms with Crippen LogP contribution >= 0.6 is 24.0 Å². The zero-order valence-electron chi connectivity index (χ0n) is 17.6. The van der Waals surface area contributed by atoms with Gasteiger partial charge in [-0.15, -0.1) is 24.0 Å². The van der Waals surface area contributed by atoms with E-state index in [1.165, 1.54) is 6.07 Å². The maximum absolute atomic E-state index is 13.4. The lowest BCUT2D eigenvalue weighted by Crippen LogP contribution is -2.44. The van der Waals surface area contributed by atoms with Crippen molar-refractivity contribution in [1.29, 1.82) is 0 Å². The molecule has 0 spiro atoms.